The summed E-state index contributed by atoms with van der Waals surface area (Å²) in [7, 11) is 0. The Morgan fingerprint density at radius 2 is 1.85 bits per heavy atom. The molecule has 0 heterocycles. The van der Waals surface area contributed by atoms with Crippen LogP contribution in [0.1, 0.15) is 26.7 Å². The van der Waals surface area contributed by atoms with E-state index in [1.165, 1.54) is 6.92 Å². The monoisotopic (exact) mass is 288 g/mol. The Labute approximate surface area is 117 Å². The van der Waals surface area contributed by atoms with Crippen LogP contribution in [0.15, 0.2) is 12.2 Å². The SMILES string of the molecule is CCCCOCCOC(=O)C(C)OC(=O)/C=C/C(=O)O. The molecule has 7 heteroatoms. The highest BCUT2D eigenvalue weighted by atomic mass is 16.6. The van der Waals surface area contributed by atoms with Crippen LogP contribution in [0.4, 0.5) is 0 Å². The van der Waals surface area contributed by atoms with Gasteiger partial charge < -0.3 is 19.3 Å². The van der Waals surface area contributed by atoms with Crippen LogP contribution >= 0.6 is 0 Å². The Balaban J connectivity index is 3.81. The van der Waals surface area contributed by atoms with Crippen molar-refractivity contribution in [1.29, 1.82) is 0 Å². The predicted octanol–water partition coefficient (Wildman–Crippen LogP) is 0.919. The average Bonchev–Trinajstić information content (AvgIpc) is 2.40. The number of aliphatic carboxylic acids is 1. The van der Waals surface area contributed by atoms with Gasteiger partial charge in [0.25, 0.3) is 0 Å². The van der Waals surface area contributed by atoms with Gasteiger partial charge in [0.05, 0.1) is 6.61 Å². The molecular weight excluding hydrogens is 268 g/mol. The number of unbranched alkanes of at least 4 members (excludes halogenated alkanes) is 1. The molecule has 0 aliphatic heterocycles. The summed E-state index contributed by atoms with van der Waals surface area (Å²) in [6.45, 7) is 4.35. The molecular formula is C13H20O7. The highest BCUT2D eigenvalue weighted by Gasteiger charge is 2.17. The third-order valence-corrected chi connectivity index (χ3v) is 2.10. The minimum atomic E-state index is -1.28. The topological polar surface area (TPSA) is 99.1 Å². The summed E-state index contributed by atoms with van der Waals surface area (Å²) in [4.78, 5) is 32.7. The Kier molecular flexibility index (Phi) is 9.94. The largest absolute Gasteiger partial charge is 0.478 e. The molecule has 0 saturated carbocycles. The molecule has 7 nitrogen and oxygen atoms in total. The lowest BCUT2D eigenvalue weighted by molar-refractivity contribution is -0.164. The molecule has 1 atom stereocenters. The van der Waals surface area contributed by atoms with Crippen LogP contribution in [-0.2, 0) is 28.6 Å². The van der Waals surface area contributed by atoms with E-state index in [0.717, 1.165) is 18.9 Å². The number of rotatable bonds is 10. The highest BCUT2D eigenvalue weighted by Crippen LogP contribution is 1.97. The van der Waals surface area contributed by atoms with Gasteiger partial charge in [0.1, 0.15) is 6.61 Å². The van der Waals surface area contributed by atoms with Crippen LogP contribution in [0.25, 0.3) is 0 Å². The van der Waals surface area contributed by atoms with Gasteiger partial charge in [-0.25, -0.2) is 14.4 Å². The van der Waals surface area contributed by atoms with Crippen molar-refractivity contribution in [2.75, 3.05) is 19.8 Å². The van der Waals surface area contributed by atoms with Crippen LogP contribution in [0.3, 0.4) is 0 Å². The van der Waals surface area contributed by atoms with Gasteiger partial charge in [-0.3, -0.25) is 0 Å². The van der Waals surface area contributed by atoms with E-state index >= 15 is 0 Å². The zero-order valence-electron chi connectivity index (χ0n) is 11.7. The van der Waals surface area contributed by atoms with Crippen LogP contribution in [0.5, 0.6) is 0 Å². The van der Waals surface area contributed by atoms with E-state index in [0.29, 0.717) is 12.7 Å². The van der Waals surface area contributed by atoms with Gasteiger partial charge in [-0.1, -0.05) is 13.3 Å². The second-order valence-corrected chi connectivity index (χ2v) is 3.88. The second kappa shape index (κ2) is 11.0. The maximum Gasteiger partial charge on any atom is 0.347 e. The van der Waals surface area contributed by atoms with Crippen LogP contribution in [0, 0.1) is 0 Å². The summed E-state index contributed by atoms with van der Waals surface area (Å²) in [6.07, 6.45) is 2.22. The molecule has 0 aromatic carbocycles. The Bertz CT molecular complexity index is 349. The fourth-order valence-corrected chi connectivity index (χ4v) is 1.07. The van der Waals surface area contributed by atoms with Crippen molar-refractivity contribution in [1.82, 2.24) is 0 Å². The first-order valence-electron chi connectivity index (χ1n) is 6.33. The summed E-state index contributed by atoms with van der Waals surface area (Å²) >= 11 is 0. The Hall–Kier alpha value is -1.89. The van der Waals surface area contributed by atoms with Crippen molar-refractivity contribution in [3.63, 3.8) is 0 Å². The number of carboxylic acid groups (broad SMARTS) is 1. The van der Waals surface area contributed by atoms with Gasteiger partial charge in [-0.15, -0.1) is 0 Å². The minimum Gasteiger partial charge on any atom is -0.478 e. The van der Waals surface area contributed by atoms with E-state index in [1.54, 1.807) is 0 Å². The molecule has 20 heavy (non-hydrogen) atoms. The van der Waals surface area contributed by atoms with Gasteiger partial charge in [-0.05, 0) is 13.3 Å². The van der Waals surface area contributed by atoms with E-state index in [1.807, 2.05) is 6.92 Å². The maximum atomic E-state index is 11.4. The van der Waals surface area contributed by atoms with Crippen molar-refractivity contribution in [3.8, 4) is 0 Å². The standard InChI is InChI=1S/C13H20O7/c1-3-4-7-18-8-9-19-13(17)10(2)20-12(16)6-5-11(14)15/h5-6,10H,3-4,7-9H2,1-2H3,(H,14,15)/b6-5+. The lowest BCUT2D eigenvalue weighted by atomic mass is 10.4. The molecule has 0 spiro atoms. The van der Waals surface area contributed by atoms with Crippen LogP contribution < -0.4 is 0 Å². The van der Waals surface area contributed by atoms with E-state index in [-0.39, 0.29) is 13.2 Å². The lowest BCUT2D eigenvalue weighted by Gasteiger charge is -2.11. The van der Waals surface area contributed by atoms with Crippen LogP contribution in [-0.4, -0.2) is 48.9 Å². The summed E-state index contributed by atoms with van der Waals surface area (Å²) in [5.41, 5.74) is 0. The third kappa shape index (κ3) is 10.1. The number of hydrogen-bond acceptors (Lipinski definition) is 6. The molecule has 0 fully saturated rings. The molecule has 1 unspecified atom stereocenters. The zero-order chi connectivity index (χ0) is 15.4. The van der Waals surface area contributed by atoms with Gasteiger partial charge in [0.2, 0.25) is 0 Å². The van der Waals surface area contributed by atoms with E-state index in [9.17, 15) is 14.4 Å². The van der Waals surface area contributed by atoms with Crippen molar-refractivity contribution in [2.45, 2.75) is 32.8 Å². The fourth-order valence-electron chi connectivity index (χ4n) is 1.07. The molecule has 0 saturated heterocycles. The summed E-state index contributed by atoms with van der Waals surface area (Å²) in [5.74, 6) is -2.90. The summed E-state index contributed by atoms with van der Waals surface area (Å²) in [6, 6.07) is 0. The molecule has 0 rings (SSSR count). The third-order valence-electron chi connectivity index (χ3n) is 2.10. The van der Waals surface area contributed by atoms with Gasteiger partial charge in [-0.2, -0.15) is 0 Å². The summed E-state index contributed by atoms with van der Waals surface area (Å²) in [5, 5.41) is 8.31. The predicted molar refractivity (Wildman–Crippen MR) is 69.0 cm³/mol. The fraction of sp³-hybridized carbons (Fsp3) is 0.615. The number of carbonyl (C=O) groups is 3. The maximum absolute atomic E-state index is 11.4. The van der Waals surface area contributed by atoms with Gasteiger partial charge in [0, 0.05) is 18.8 Å². The molecule has 0 aromatic rings. The van der Waals surface area contributed by atoms with E-state index < -0.39 is 24.0 Å². The van der Waals surface area contributed by atoms with Gasteiger partial charge >= 0.3 is 17.9 Å². The molecule has 0 amide bonds. The smallest absolute Gasteiger partial charge is 0.347 e. The first-order valence-corrected chi connectivity index (χ1v) is 6.33. The van der Waals surface area contributed by atoms with Crippen molar-refractivity contribution < 1.29 is 33.7 Å². The minimum absolute atomic E-state index is 0.0788. The van der Waals surface area contributed by atoms with Crippen LogP contribution in [0.2, 0.25) is 0 Å². The number of hydrogen-bond donors (Lipinski definition) is 1. The van der Waals surface area contributed by atoms with Crippen molar-refractivity contribution in [3.05, 3.63) is 12.2 Å². The van der Waals surface area contributed by atoms with Gasteiger partial charge in [0.15, 0.2) is 6.10 Å². The number of esters is 2. The van der Waals surface area contributed by atoms with E-state index in [4.69, 9.17) is 14.6 Å². The highest BCUT2D eigenvalue weighted by molar-refractivity contribution is 5.91. The quantitative estimate of drug-likeness (QED) is 0.362. The number of carbonyl (C=O) groups excluding carboxylic acids is 2. The van der Waals surface area contributed by atoms with E-state index in [2.05, 4.69) is 4.74 Å². The molecule has 0 aliphatic carbocycles. The Morgan fingerprint density at radius 1 is 1.15 bits per heavy atom. The molecule has 0 aromatic heterocycles. The first kappa shape index (κ1) is 18.1. The normalized spacial score (nSPS) is 12.1. The Morgan fingerprint density at radius 3 is 2.45 bits per heavy atom. The molecule has 0 bridgehead atoms. The second-order valence-electron chi connectivity index (χ2n) is 3.88. The first-order chi connectivity index (χ1) is 9.47. The molecule has 1 N–H and O–H groups in total. The summed E-state index contributed by atoms with van der Waals surface area (Å²) < 4.78 is 14.7. The molecule has 114 valence electrons. The van der Waals surface area contributed by atoms with Crippen molar-refractivity contribution >= 4 is 17.9 Å². The number of ether oxygens (including phenoxy) is 3. The number of carboxylic acids is 1. The van der Waals surface area contributed by atoms with Crippen molar-refractivity contribution in [2.24, 2.45) is 0 Å². The average molecular weight is 288 g/mol. The molecule has 0 aliphatic rings. The molecule has 0 radical (unpaired) electrons. The zero-order valence-corrected chi connectivity index (χ0v) is 11.7. The lowest BCUT2D eigenvalue weighted by Crippen LogP contribution is -2.26.